The van der Waals surface area contributed by atoms with E-state index in [0.29, 0.717) is 18.6 Å². The summed E-state index contributed by atoms with van der Waals surface area (Å²) in [6.07, 6.45) is 8.38. The van der Waals surface area contributed by atoms with Crippen LogP contribution < -0.4 is 0 Å². The highest BCUT2D eigenvalue weighted by Gasteiger charge is 2.07. The van der Waals surface area contributed by atoms with E-state index in [1.165, 1.54) is 44.3 Å². The molecule has 0 atom stereocenters. The third-order valence-electron chi connectivity index (χ3n) is 4.42. The molecule has 1 rings (SSSR count). The first-order chi connectivity index (χ1) is 11.2. The molecule has 0 unspecified atom stereocenters. The minimum atomic E-state index is 0.375. The molecule has 0 radical (unpaired) electrons. The molecule has 0 bridgehead atoms. The van der Waals surface area contributed by atoms with Crippen LogP contribution in [0.25, 0.3) is 0 Å². The summed E-state index contributed by atoms with van der Waals surface area (Å²) in [6, 6.07) is 8.48. The zero-order valence-electron chi connectivity index (χ0n) is 15.4. The van der Waals surface area contributed by atoms with Crippen LogP contribution in [-0.2, 0) is 17.6 Å². The van der Waals surface area contributed by atoms with Gasteiger partial charge < -0.3 is 4.90 Å². The topological polar surface area (TPSA) is 20.3 Å². The van der Waals surface area contributed by atoms with Crippen LogP contribution in [0.4, 0.5) is 0 Å². The Bertz CT molecular complexity index is 416. The van der Waals surface area contributed by atoms with Crippen LogP contribution in [0.3, 0.4) is 0 Å². The molecule has 0 aromatic heterocycles. The number of carbonyl (C=O) groups is 1. The van der Waals surface area contributed by atoms with E-state index >= 15 is 0 Å². The van der Waals surface area contributed by atoms with Crippen molar-refractivity contribution in [3.63, 3.8) is 0 Å². The molecule has 2 nitrogen and oxygen atoms in total. The molecule has 0 N–H and O–H groups in total. The minimum absolute atomic E-state index is 0.375. The van der Waals surface area contributed by atoms with Gasteiger partial charge in [-0.15, -0.1) is 0 Å². The fraction of sp³-hybridized carbons (Fsp3) is 0.667. The Hall–Kier alpha value is -1.15. The Morgan fingerprint density at radius 1 is 0.826 bits per heavy atom. The van der Waals surface area contributed by atoms with Crippen molar-refractivity contribution in [1.29, 1.82) is 0 Å². The Morgan fingerprint density at radius 3 is 1.87 bits per heavy atom. The van der Waals surface area contributed by atoms with Crippen molar-refractivity contribution in [3.8, 4) is 0 Å². The lowest BCUT2D eigenvalue weighted by Gasteiger charge is -2.21. The molecule has 0 saturated carbocycles. The van der Waals surface area contributed by atoms with Crippen molar-refractivity contribution < 1.29 is 4.79 Å². The maximum Gasteiger partial charge on any atom is 0.137 e. The number of carbonyl (C=O) groups excluding carboxylic acids is 1. The minimum Gasteiger partial charge on any atom is -0.303 e. The van der Waals surface area contributed by atoms with E-state index in [1.807, 2.05) is 0 Å². The van der Waals surface area contributed by atoms with Crippen molar-refractivity contribution in [2.45, 2.75) is 72.1 Å². The molecule has 0 heterocycles. The first-order valence-electron chi connectivity index (χ1n) is 9.51. The lowest BCUT2D eigenvalue weighted by Crippen LogP contribution is -2.27. The summed E-state index contributed by atoms with van der Waals surface area (Å²) in [7, 11) is 0. The van der Waals surface area contributed by atoms with Gasteiger partial charge in [0.05, 0.1) is 0 Å². The number of rotatable bonds is 13. The Balaban J connectivity index is 2.29. The molecule has 0 spiro atoms. The van der Waals surface area contributed by atoms with Crippen molar-refractivity contribution in [3.05, 3.63) is 35.4 Å². The monoisotopic (exact) mass is 317 g/mol. The Labute approximate surface area is 143 Å². The third-order valence-corrected chi connectivity index (χ3v) is 4.42. The molecule has 0 fully saturated rings. The van der Waals surface area contributed by atoms with E-state index in [0.717, 1.165) is 24.9 Å². The van der Waals surface area contributed by atoms with Gasteiger partial charge in [0.2, 0.25) is 0 Å². The van der Waals surface area contributed by atoms with Gasteiger partial charge in [-0.3, -0.25) is 4.79 Å². The van der Waals surface area contributed by atoms with E-state index in [-0.39, 0.29) is 0 Å². The van der Waals surface area contributed by atoms with Crippen molar-refractivity contribution in [2.75, 3.05) is 19.6 Å². The van der Waals surface area contributed by atoms with Gasteiger partial charge in [-0.05, 0) is 56.4 Å². The average molecular weight is 318 g/mol. The highest BCUT2D eigenvalue weighted by atomic mass is 16.1. The molecule has 0 amide bonds. The second-order valence-electron chi connectivity index (χ2n) is 6.54. The summed E-state index contributed by atoms with van der Waals surface area (Å²) < 4.78 is 0. The second-order valence-corrected chi connectivity index (χ2v) is 6.54. The predicted molar refractivity (Wildman–Crippen MR) is 100 cm³/mol. The van der Waals surface area contributed by atoms with Crippen LogP contribution in [0.5, 0.6) is 0 Å². The first kappa shape index (κ1) is 19.9. The van der Waals surface area contributed by atoms with Crippen LogP contribution >= 0.6 is 0 Å². The Morgan fingerprint density at radius 2 is 1.35 bits per heavy atom. The van der Waals surface area contributed by atoms with E-state index < -0.39 is 0 Å². The van der Waals surface area contributed by atoms with Gasteiger partial charge in [0.15, 0.2) is 0 Å². The standard InChI is InChI=1S/C21H35NO/c1-4-7-15-22(16-8-5-2)17-9-10-21(23)18-20-13-11-19(6-3)12-14-20/h11-14H,4-10,15-18H2,1-3H3. The zero-order chi connectivity index (χ0) is 16.9. The number of aryl methyl sites for hydroxylation is 1. The maximum atomic E-state index is 12.2. The molecule has 1 aromatic rings. The molecule has 130 valence electrons. The number of ketones is 1. The molecule has 1 aromatic carbocycles. The third kappa shape index (κ3) is 8.90. The number of nitrogens with zero attached hydrogens (tertiary/aromatic N) is 1. The lowest BCUT2D eigenvalue weighted by atomic mass is 10.0. The van der Waals surface area contributed by atoms with Crippen molar-refractivity contribution in [1.82, 2.24) is 4.90 Å². The van der Waals surface area contributed by atoms with Crippen molar-refractivity contribution >= 4 is 5.78 Å². The fourth-order valence-electron chi connectivity index (χ4n) is 2.81. The number of benzene rings is 1. The highest BCUT2D eigenvalue weighted by Crippen LogP contribution is 2.08. The molecule has 2 heteroatoms. The average Bonchev–Trinajstić information content (AvgIpc) is 2.57. The van der Waals surface area contributed by atoms with Gasteiger partial charge in [0, 0.05) is 12.8 Å². The zero-order valence-corrected chi connectivity index (χ0v) is 15.4. The van der Waals surface area contributed by atoms with Crippen LogP contribution in [-0.4, -0.2) is 30.3 Å². The van der Waals surface area contributed by atoms with E-state index in [1.54, 1.807) is 0 Å². The first-order valence-corrected chi connectivity index (χ1v) is 9.51. The summed E-state index contributed by atoms with van der Waals surface area (Å²) in [5.41, 5.74) is 2.49. The predicted octanol–water partition coefficient (Wildman–Crippen LogP) is 5.04. The largest absolute Gasteiger partial charge is 0.303 e. The number of hydrogen-bond donors (Lipinski definition) is 0. The second kappa shape index (κ2) is 12.3. The van der Waals surface area contributed by atoms with Crippen LogP contribution in [0.2, 0.25) is 0 Å². The van der Waals surface area contributed by atoms with Gasteiger partial charge >= 0.3 is 0 Å². The van der Waals surface area contributed by atoms with Gasteiger partial charge in [-0.25, -0.2) is 0 Å². The smallest absolute Gasteiger partial charge is 0.137 e. The van der Waals surface area contributed by atoms with Crippen LogP contribution in [0.1, 0.15) is 70.4 Å². The molecule has 23 heavy (non-hydrogen) atoms. The van der Waals surface area contributed by atoms with Gasteiger partial charge in [0.1, 0.15) is 5.78 Å². The fourth-order valence-corrected chi connectivity index (χ4v) is 2.81. The summed E-state index contributed by atoms with van der Waals surface area (Å²) in [4.78, 5) is 14.7. The van der Waals surface area contributed by atoms with E-state index in [2.05, 4.69) is 49.9 Å². The van der Waals surface area contributed by atoms with Crippen LogP contribution in [0.15, 0.2) is 24.3 Å². The summed E-state index contributed by atoms with van der Waals surface area (Å²) in [6.45, 7) is 10.1. The molecular formula is C21H35NO. The number of hydrogen-bond acceptors (Lipinski definition) is 2. The van der Waals surface area contributed by atoms with Gasteiger partial charge in [-0.1, -0.05) is 57.9 Å². The summed E-state index contributed by atoms with van der Waals surface area (Å²) >= 11 is 0. The quantitative estimate of drug-likeness (QED) is 0.508. The van der Waals surface area contributed by atoms with Crippen molar-refractivity contribution in [2.24, 2.45) is 0 Å². The van der Waals surface area contributed by atoms with Crippen LogP contribution in [0, 0.1) is 0 Å². The lowest BCUT2D eigenvalue weighted by molar-refractivity contribution is -0.118. The normalized spacial score (nSPS) is 11.1. The molecular weight excluding hydrogens is 282 g/mol. The van der Waals surface area contributed by atoms with Gasteiger partial charge in [0.25, 0.3) is 0 Å². The number of Topliss-reactive ketones (excluding diaryl/α,β-unsaturated/α-hetero) is 1. The summed E-state index contributed by atoms with van der Waals surface area (Å²) in [5, 5.41) is 0. The molecule has 0 aliphatic carbocycles. The maximum absolute atomic E-state index is 12.2. The molecule has 0 saturated heterocycles. The van der Waals surface area contributed by atoms with E-state index in [9.17, 15) is 4.79 Å². The van der Waals surface area contributed by atoms with E-state index in [4.69, 9.17) is 0 Å². The highest BCUT2D eigenvalue weighted by molar-refractivity contribution is 5.80. The SMILES string of the molecule is CCCCN(CCCC)CCCC(=O)Cc1ccc(CC)cc1. The molecule has 0 aliphatic rings. The number of unbranched alkanes of at least 4 members (excludes halogenated alkanes) is 2. The Kier molecular flexibility index (Phi) is 10.6. The van der Waals surface area contributed by atoms with Gasteiger partial charge in [-0.2, -0.15) is 0 Å². The summed E-state index contributed by atoms with van der Waals surface area (Å²) in [5.74, 6) is 0.375. The molecule has 0 aliphatic heterocycles.